The SMILES string of the molecule is O=C(C=CNC1CCCCC1)NC1CCCCC1. The lowest BCUT2D eigenvalue weighted by molar-refractivity contribution is -0.117. The predicted molar refractivity (Wildman–Crippen MR) is 74.2 cm³/mol. The molecule has 2 aliphatic rings. The molecule has 0 bridgehead atoms. The van der Waals surface area contributed by atoms with Crippen molar-refractivity contribution in [1.82, 2.24) is 10.6 Å². The van der Waals surface area contributed by atoms with Gasteiger partial charge in [0, 0.05) is 24.4 Å². The lowest BCUT2D eigenvalue weighted by Crippen LogP contribution is -2.35. The van der Waals surface area contributed by atoms with E-state index in [1.807, 2.05) is 6.20 Å². The summed E-state index contributed by atoms with van der Waals surface area (Å²) in [5.41, 5.74) is 0. The van der Waals surface area contributed by atoms with E-state index in [0.29, 0.717) is 12.1 Å². The second-order valence-corrected chi connectivity index (χ2v) is 5.68. The zero-order valence-corrected chi connectivity index (χ0v) is 11.3. The minimum absolute atomic E-state index is 0.0604. The summed E-state index contributed by atoms with van der Waals surface area (Å²) in [5, 5.41) is 6.44. The van der Waals surface area contributed by atoms with Gasteiger partial charge in [0.15, 0.2) is 0 Å². The van der Waals surface area contributed by atoms with Crippen molar-refractivity contribution in [3.05, 3.63) is 12.3 Å². The first-order valence-corrected chi connectivity index (χ1v) is 7.58. The standard InChI is InChI=1S/C15H26N2O/c18-15(17-14-9-5-2-6-10-14)11-12-16-13-7-3-1-4-8-13/h11-14,16H,1-10H2,(H,17,18). The van der Waals surface area contributed by atoms with Gasteiger partial charge in [-0.1, -0.05) is 38.5 Å². The summed E-state index contributed by atoms with van der Waals surface area (Å²) >= 11 is 0. The molecule has 3 nitrogen and oxygen atoms in total. The van der Waals surface area contributed by atoms with Crippen LogP contribution < -0.4 is 10.6 Å². The van der Waals surface area contributed by atoms with Crippen molar-refractivity contribution in [1.29, 1.82) is 0 Å². The van der Waals surface area contributed by atoms with Gasteiger partial charge in [-0.15, -0.1) is 0 Å². The molecule has 102 valence electrons. The molecular formula is C15H26N2O. The number of nitrogens with one attached hydrogen (secondary N) is 2. The Bertz CT molecular complexity index is 276. The van der Waals surface area contributed by atoms with Gasteiger partial charge in [0.1, 0.15) is 0 Å². The van der Waals surface area contributed by atoms with Gasteiger partial charge in [-0.05, 0) is 25.7 Å². The molecule has 18 heavy (non-hydrogen) atoms. The number of carbonyl (C=O) groups excluding carboxylic acids is 1. The van der Waals surface area contributed by atoms with Gasteiger partial charge in [-0.25, -0.2) is 0 Å². The Morgan fingerprint density at radius 1 is 0.833 bits per heavy atom. The highest BCUT2D eigenvalue weighted by molar-refractivity contribution is 5.87. The molecule has 0 radical (unpaired) electrons. The Balaban J connectivity index is 1.63. The normalized spacial score (nSPS) is 23.1. The van der Waals surface area contributed by atoms with Gasteiger partial charge >= 0.3 is 0 Å². The van der Waals surface area contributed by atoms with Crippen LogP contribution in [-0.4, -0.2) is 18.0 Å². The van der Waals surface area contributed by atoms with E-state index in [0.717, 1.165) is 12.8 Å². The maximum atomic E-state index is 11.7. The fourth-order valence-electron chi connectivity index (χ4n) is 3.03. The third-order valence-corrected chi connectivity index (χ3v) is 4.12. The maximum Gasteiger partial charge on any atom is 0.245 e. The van der Waals surface area contributed by atoms with Crippen LogP contribution in [0.4, 0.5) is 0 Å². The zero-order chi connectivity index (χ0) is 12.6. The molecule has 2 saturated carbocycles. The number of hydrogen-bond acceptors (Lipinski definition) is 2. The highest BCUT2D eigenvalue weighted by Crippen LogP contribution is 2.18. The summed E-state index contributed by atoms with van der Waals surface area (Å²) in [7, 11) is 0. The van der Waals surface area contributed by atoms with Gasteiger partial charge < -0.3 is 10.6 Å². The van der Waals surface area contributed by atoms with Crippen LogP contribution in [0.15, 0.2) is 12.3 Å². The fourth-order valence-corrected chi connectivity index (χ4v) is 3.03. The van der Waals surface area contributed by atoms with Crippen LogP contribution in [0, 0.1) is 0 Å². The molecule has 2 rings (SSSR count). The lowest BCUT2D eigenvalue weighted by Gasteiger charge is -2.22. The third-order valence-electron chi connectivity index (χ3n) is 4.12. The maximum absolute atomic E-state index is 11.7. The summed E-state index contributed by atoms with van der Waals surface area (Å²) in [5.74, 6) is 0.0604. The second kappa shape index (κ2) is 7.45. The smallest absolute Gasteiger partial charge is 0.245 e. The molecule has 0 aliphatic heterocycles. The van der Waals surface area contributed by atoms with E-state index < -0.39 is 0 Å². The van der Waals surface area contributed by atoms with Crippen LogP contribution in [0.1, 0.15) is 64.2 Å². The van der Waals surface area contributed by atoms with E-state index in [1.165, 1.54) is 51.4 Å². The van der Waals surface area contributed by atoms with E-state index in [4.69, 9.17) is 0 Å². The minimum Gasteiger partial charge on any atom is -0.388 e. The lowest BCUT2D eigenvalue weighted by atomic mass is 9.95. The Morgan fingerprint density at radius 2 is 1.39 bits per heavy atom. The van der Waals surface area contributed by atoms with Crippen molar-refractivity contribution in [2.24, 2.45) is 0 Å². The van der Waals surface area contributed by atoms with Crippen molar-refractivity contribution in [3.8, 4) is 0 Å². The summed E-state index contributed by atoms with van der Waals surface area (Å²) in [6.07, 6.45) is 16.1. The van der Waals surface area contributed by atoms with E-state index in [1.54, 1.807) is 6.08 Å². The molecule has 0 atom stereocenters. The van der Waals surface area contributed by atoms with Crippen molar-refractivity contribution < 1.29 is 4.79 Å². The molecule has 2 N–H and O–H groups in total. The first-order chi connectivity index (χ1) is 8.84. The van der Waals surface area contributed by atoms with Gasteiger partial charge in [-0.2, -0.15) is 0 Å². The van der Waals surface area contributed by atoms with Crippen molar-refractivity contribution in [3.63, 3.8) is 0 Å². The minimum atomic E-state index is 0.0604. The Morgan fingerprint density at radius 3 is 2.00 bits per heavy atom. The number of hydrogen-bond donors (Lipinski definition) is 2. The van der Waals surface area contributed by atoms with Crippen molar-refractivity contribution in [2.45, 2.75) is 76.3 Å². The molecule has 1 amide bonds. The first kappa shape index (κ1) is 13.4. The molecule has 2 fully saturated rings. The average Bonchev–Trinajstić information content (AvgIpc) is 2.41. The Hall–Kier alpha value is -0.990. The highest BCUT2D eigenvalue weighted by Gasteiger charge is 2.14. The predicted octanol–water partition coefficient (Wildman–Crippen LogP) is 2.87. The molecule has 0 aromatic rings. The van der Waals surface area contributed by atoms with E-state index in [-0.39, 0.29) is 5.91 Å². The molecule has 0 saturated heterocycles. The van der Waals surface area contributed by atoms with Gasteiger partial charge in [-0.3, -0.25) is 4.79 Å². The monoisotopic (exact) mass is 250 g/mol. The van der Waals surface area contributed by atoms with Crippen LogP contribution in [-0.2, 0) is 4.79 Å². The van der Waals surface area contributed by atoms with Crippen molar-refractivity contribution in [2.75, 3.05) is 0 Å². The second-order valence-electron chi connectivity index (χ2n) is 5.68. The Kier molecular flexibility index (Phi) is 5.56. The largest absolute Gasteiger partial charge is 0.388 e. The molecule has 3 heteroatoms. The van der Waals surface area contributed by atoms with E-state index in [2.05, 4.69) is 10.6 Å². The van der Waals surface area contributed by atoms with Crippen LogP contribution in [0.25, 0.3) is 0 Å². The Labute approximate surface area is 110 Å². The van der Waals surface area contributed by atoms with E-state index >= 15 is 0 Å². The summed E-state index contributed by atoms with van der Waals surface area (Å²) in [6, 6.07) is 0.989. The fraction of sp³-hybridized carbons (Fsp3) is 0.800. The quantitative estimate of drug-likeness (QED) is 0.753. The molecule has 0 aromatic carbocycles. The van der Waals surface area contributed by atoms with Gasteiger partial charge in [0.05, 0.1) is 0 Å². The first-order valence-electron chi connectivity index (χ1n) is 7.58. The molecule has 0 heterocycles. The number of carbonyl (C=O) groups is 1. The summed E-state index contributed by atoms with van der Waals surface area (Å²) < 4.78 is 0. The van der Waals surface area contributed by atoms with Crippen molar-refractivity contribution >= 4 is 5.91 Å². The van der Waals surface area contributed by atoms with Gasteiger partial charge in [0.25, 0.3) is 0 Å². The third kappa shape index (κ3) is 4.71. The molecule has 0 aromatic heterocycles. The number of amides is 1. The molecular weight excluding hydrogens is 224 g/mol. The average molecular weight is 250 g/mol. The van der Waals surface area contributed by atoms with Crippen LogP contribution >= 0.6 is 0 Å². The molecule has 0 unspecified atom stereocenters. The zero-order valence-electron chi connectivity index (χ0n) is 11.3. The molecule has 2 aliphatic carbocycles. The number of rotatable bonds is 4. The van der Waals surface area contributed by atoms with Crippen LogP contribution in [0.2, 0.25) is 0 Å². The van der Waals surface area contributed by atoms with Gasteiger partial charge in [0.2, 0.25) is 5.91 Å². The van der Waals surface area contributed by atoms with E-state index in [9.17, 15) is 4.79 Å². The topological polar surface area (TPSA) is 41.1 Å². The van der Waals surface area contributed by atoms with Crippen LogP contribution in [0.5, 0.6) is 0 Å². The summed E-state index contributed by atoms with van der Waals surface area (Å²) in [4.78, 5) is 11.7. The molecule has 0 spiro atoms. The van der Waals surface area contributed by atoms with Crippen LogP contribution in [0.3, 0.4) is 0 Å². The summed E-state index contributed by atoms with van der Waals surface area (Å²) in [6.45, 7) is 0. The highest BCUT2D eigenvalue weighted by atomic mass is 16.1.